The molecule has 3 rings (SSSR count). The molecule has 1 aromatic carbocycles. The number of benzene rings is 1. The summed E-state index contributed by atoms with van der Waals surface area (Å²) in [6.45, 7) is 9.40. The largest absolute Gasteiger partial charge is 0.491 e. The number of hydrogen-bond donors (Lipinski definition) is 2. The smallest absolute Gasteiger partial charge is 0.185 e. The topological polar surface area (TPSA) is 63.6 Å². The monoisotopic (exact) mass is 384 g/mol. The summed E-state index contributed by atoms with van der Waals surface area (Å²) in [5.41, 5.74) is 4.69. The van der Waals surface area contributed by atoms with Crippen LogP contribution in [0.2, 0.25) is 0 Å². The lowest BCUT2D eigenvalue weighted by Crippen LogP contribution is -2.21. The Balaban J connectivity index is 1.65. The van der Waals surface area contributed by atoms with E-state index in [4.69, 9.17) is 14.5 Å². The second kappa shape index (κ2) is 10.0. The molecule has 0 saturated heterocycles. The maximum absolute atomic E-state index is 10.4. The van der Waals surface area contributed by atoms with Crippen molar-refractivity contribution in [3.63, 3.8) is 0 Å². The molecule has 2 heterocycles. The first-order valence-electron chi connectivity index (χ1n) is 10.3. The number of hydrogen-bond acceptors (Lipinski definition) is 5. The Morgan fingerprint density at radius 3 is 2.79 bits per heavy atom. The fraction of sp³-hybridized carbons (Fsp3) is 0.522. The molecule has 5 heteroatoms. The van der Waals surface area contributed by atoms with Gasteiger partial charge in [-0.1, -0.05) is 44.2 Å². The van der Waals surface area contributed by atoms with E-state index >= 15 is 0 Å². The van der Waals surface area contributed by atoms with E-state index in [2.05, 4.69) is 31.3 Å². The molecule has 1 atom stereocenters. The second-order valence-electron chi connectivity index (χ2n) is 7.84. The Morgan fingerprint density at radius 2 is 2.04 bits per heavy atom. The van der Waals surface area contributed by atoms with Crippen molar-refractivity contribution in [1.82, 2.24) is 10.3 Å². The number of aryl methyl sites for hydroxylation is 1. The fourth-order valence-electron chi connectivity index (χ4n) is 3.51. The summed E-state index contributed by atoms with van der Waals surface area (Å²) in [6, 6.07) is 10.2. The number of fused-ring (bicyclic) bond motifs is 1. The van der Waals surface area contributed by atoms with Crippen LogP contribution in [0.4, 0.5) is 0 Å². The molecule has 0 bridgehead atoms. The van der Waals surface area contributed by atoms with Crippen molar-refractivity contribution < 1.29 is 14.6 Å². The van der Waals surface area contributed by atoms with Crippen LogP contribution in [0.5, 0.6) is 5.75 Å². The Labute approximate surface area is 168 Å². The summed E-state index contributed by atoms with van der Waals surface area (Å²) in [4.78, 5) is 4.79. The maximum atomic E-state index is 10.4. The molecule has 0 fully saturated rings. The van der Waals surface area contributed by atoms with Gasteiger partial charge in [-0.2, -0.15) is 0 Å². The highest BCUT2D eigenvalue weighted by atomic mass is 16.6. The van der Waals surface area contributed by atoms with Crippen molar-refractivity contribution in [2.45, 2.75) is 52.9 Å². The molecule has 5 nitrogen and oxygen atoms in total. The van der Waals surface area contributed by atoms with Crippen LogP contribution in [0.1, 0.15) is 61.1 Å². The van der Waals surface area contributed by atoms with Gasteiger partial charge in [0.1, 0.15) is 5.75 Å². The van der Waals surface area contributed by atoms with Crippen molar-refractivity contribution in [3.8, 4) is 5.75 Å². The first kappa shape index (κ1) is 20.8. The van der Waals surface area contributed by atoms with E-state index in [1.807, 2.05) is 25.1 Å². The normalized spacial score (nSPS) is 15.8. The van der Waals surface area contributed by atoms with Gasteiger partial charge in [-0.15, -0.1) is 0 Å². The SMILES string of the molecule is Cc1nc(Cc2ccccc2)c2c(c1OCCCCNCC(C)C)C(O)OC2. The van der Waals surface area contributed by atoms with E-state index in [0.29, 0.717) is 24.9 Å². The zero-order valence-electron chi connectivity index (χ0n) is 17.2. The molecule has 0 radical (unpaired) electrons. The number of unbranched alkanes of at least 4 members (excludes halogenated alkanes) is 1. The van der Waals surface area contributed by atoms with E-state index in [9.17, 15) is 5.11 Å². The van der Waals surface area contributed by atoms with Gasteiger partial charge >= 0.3 is 0 Å². The summed E-state index contributed by atoms with van der Waals surface area (Å²) in [7, 11) is 0. The second-order valence-corrected chi connectivity index (χ2v) is 7.84. The zero-order chi connectivity index (χ0) is 19.9. The predicted octanol–water partition coefficient (Wildman–Crippen LogP) is 3.91. The quantitative estimate of drug-likeness (QED) is 0.608. The number of rotatable bonds is 10. The van der Waals surface area contributed by atoms with Crippen LogP contribution in [0.25, 0.3) is 0 Å². The summed E-state index contributed by atoms with van der Waals surface area (Å²) in [5, 5.41) is 13.8. The van der Waals surface area contributed by atoms with Crippen molar-refractivity contribution in [3.05, 3.63) is 58.4 Å². The highest BCUT2D eigenvalue weighted by Crippen LogP contribution is 2.39. The summed E-state index contributed by atoms with van der Waals surface area (Å²) >= 11 is 0. The third-order valence-corrected chi connectivity index (χ3v) is 4.94. The molecule has 1 aliphatic rings. The van der Waals surface area contributed by atoms with Crippen LogP contribution < -0.4 is 10.1 Å². The standard InChI is InChI=1S/C23H32N2O3/c1-16(2)14-24-11-7-8-12-27-22-17(3)25-20(13-18-9-5-4-6-10-18)19-15-28-23(26)21(19)22/h4-6,9-10,16,23-24,26H,7-8,11-15H2,1-3H3. The van der Waals surface area contributed by atoms with E-state index in [1.165, 1.54) is 5.56 Å². The van der Waals surface area contributed by atoms with E-state index < -0.39 is 6.29 Å². The van der Waals surface area contributed by atoms with Crippen molar-refractivity contribution >= 4 is 0 Å². The number of ether oxygens (including phenoxy) is 2. The van der Waals surface area contributed by atoms with Gasteiger partial charge in [0.2, 0.25) is 0 Å². The maximum Gasteiger partial charge on any atom is 0.185 e. The van der Waals surface area contributed by atoms with Gasteiger partial charge in [-0.05, 0) is 44.3 Å². The molecule has 0 saturated carbocycles. The Kier molecular flexibility index (Phi) is 7.43. The van der Waals surface area contributed by atoms with Gasteiger partial charge in [-0.25, -0.2) is 0 Å². The van der Waals surface area contributed by atoms with Gasteiger partial charge in [-0.3, -0.25) is 4.98 Å². The van der Waals surface area contributed by atoms with E-state index in [-0.39, 0.29) is 0 Å². The van der Waals surface area contributed by atoms with Gasteiger partial charge in [0, 0.05) is 12.0 Å². The summed E-state index contributed by atoms with van der Waals surface area (Å²) < 4.78 is 11.6. The van der Waals surface area contributed by atoms with Crippen LogP contribution in [-0.4, -0.2) is 29.8 Å². The predicted molar refractivity (Wildman–Crippen MR) is 110 cm³/mol. The molecule has 0 aliphatic carbocycles. The Hall–Kier alpha value is -1.95. The zero-order valence-corrected chi connectivity index (χ0v) is 17.2. The molecule has 152 valence electrons. The number of nitrogens with zero attached hydrogens (tertiary/aromatic N) is 1. The molecular formula is C23H32N2O3. The Bertz CT molecular complexity index is 762. The lowest BCUT2D eigenvalue weighted by Gasteiger charge is -2.17. The number of aliphatic hydroxyl groups excluding tert-OH is 1. The molecule has 2 N–H and O–H groups in total. The van der Waals surface area contributed by atoms with Crippen LogP contribution >= 0.6 is 0 Å². The lowest BCUT2D eigenvalue weighted by atomic mass is 10.0. The number of pyridine rings is 1. The Morgan fingerprint density at radius 1 is 1.25 bits per heavy atom. The first-order chi connectivity index (χ1) is 13.6. The minimum Gasteiger partial charge on any atom is -0.491 e. The van der Waals surface area contributed by atoms with Crippen LogP contribution in [0.15, 0.2) is 30.3 Å². The van der Waals surface area contributed by atoms with Crippen molar-refractivity contribution in [1.29, 1.82) is 0 Å². The molecule has 0 amide bonds. The van der Waals surface area contributed by atoms with Gasteiger partial charge in [0.05, 0.1) is 30.2 Å². The number of aliphatic hydroxyl groups is 1. The summed E-state index contributed by atoms with van der Waals surface area (Å²) in [5.74, 6) is 1.36. The fourth-order valence-corrected chi connectivity index (χ4v) is 3.51. The first-order valence-corrected chi connectivity index (χ1v) is 10.3. The van der Waals surface area contributed by atoms with Gasteiger partial charge in [0.15, 0.2) is 6.29 Å². The lowest BCUT2D eigenvalue weighted by molar-refractivity contribution is -0.0928. The highest BCUT2D eigenvalue weighted by Gasteiger charge is 2.30. The van der Waals surface area contributed by atoms with Crippen molar-refractivity contribution in [2.75, 3.05) is 19.7 Å². The van der Waals surface area contributed by atoms with E-state index in [1.54, 1.807) is 0 Å². The molecular weight excluding hydrogens is 352 g/mol. The highest BCUT2D eigenvalue weighted by molar-refractivity contribution is 5.48. The molecule has 0 spiro atoms. The minimum absolute atomic E-state index is 0.376. The van der Waals surface area contributed by atoms with E-state index in [0.717, 1.165) is 54.9 Å². The number of aromatic nitrogens is 1. The van der Waals surface area contributed by atoms with Crippen LogP contribution in [0.3, 0.4) is 0 Å². The molecule has 1 aromatic heterocycles. The molecule has 1 unspecified atom stereocenters. The third-order valence-electron chi connectivity index (χ3n) is 4.94. The average molecular weight is 385 g/mol. The van der Waals surface area contributed by atoms with Crippen LogP contribution in [-0.2, 0) is 17.8 Å². The average Bonchev–Trinajstić information content (AvgIpc) is 3.05. The summed E-state index contributed by atoms with van der Waals surface area (Å²) in [6.07, 6.45) is 1.81. The van der Waals surface area contributed by atoms with Crippen molar-refractivity contribution in [2.24, 2.45) is 5.92 Å². The van der Waals surface area contributed by atoms with Gasteiger partial charge in [0.25, 0.3) is 0 Å². The minimum atomic E-state index is -0.936. The molecule has 1 aliphatic heterocycles. The molecule has 28 heavy (non-hydrogen) atoms. The van der Waals surface area contributed by atoms with Crippen LogP contribution in [0, 0.1) is 12.8 Å². The third kappa shape index (κ3) is 5.31. The molecule has 2 aromatic rings. The van der Waals surface area contributed by atoms with Gasteiger partial charge < -0.3 is 19.9 Å². The number of nitrogens with one attached hydrogen (secondary N) is 1.